The van der Waals surface area contributed by atoms with Gasteiger partial charge in [-0.15, -0.1) is 0 Å². The number of aromatic nitrogens is 3. The summed E-state index contributed by atoms with van der Waals surface area (Å²) in [5.41, 5.74) is 11.2. The molecular weight excluding hydrogens is 462 g/mol. The molecule has 37 heavy (non-hydrogen) atoms. The van der Waals surface area contributed by atoms with E-state index < -0.39 is 5.91 Å². The summed E-state index contributed by atoms with van der Waals surface area (Å²) in [7, 11) is 0. The third-order valence-corrected chi connectivity index (χ3v) is 8.14. The number of carbonyl (C=O) groups excluding carboxylic acids is 1. The monoisotopic (exact) mass is 493 g/mol. The number of rotatable bonds is 7. The van der Waals surface area contributed by atoms with E-state index in [1.54, 1.807) is 6.07 Å². The minimum atomic E-state index is -0.443. The lowest BCUT2D eigenvalue weighted by molar-refractivity contribution is 0.100. The second kappa shape index (κ2) is 8.99. The molecule has 0 radical (unpaired) electrons. The number of piperidine rings is 1. The summed E-state index contributed by atoms with van der Waals surface area (Å²) >= 11 is 0. The van der Waals surface area contributed by atoms with Crippen LogP contribution in [0.15, 0.2) is 60.8 Å². The number of nitrogens with two attached hydrogens (primary N) is 1. The Hall–Kier alpha value is -3.71. The highest BCUT2D eigenvalue weighted by atomic mass is 16.5. The fraction of sp³-hybridized carbons (Fsp3) is 0.367. The minimum Gasteiger partial charge on any atom is -0.490 e. The lowest BCUT2D eigenvalue weighted by atomic mass is 10.0. The van der Waals surface area contributed by atoms with Crippen LogP contribution in [0, 0.1) is 0 Å². The van der Waals surface area contributed by atoms with Gasteiger partial charge in [-0.1, -0.05) is 6.07 Å². The van der Waals surface area contributed by atoms with E-state index in [4.69, 9.17) is 20.6 Å². The molecule has 7 nitrogen and oxygen atoms in total. The highest BCUT2D eigenvalue weighted by molar-refractivity contribution is 6.01. The van der Waals surface area contributed by atoms with E-state index in [0.29, 0.717) is 30.1 Å². The maximum absolute atomic E-state index is 12.0. The Morgan fingerprint density at radius 1 is 1.03 bits per heavy atom. The maximum Gasteiger partial charge on any atom is 0.248 e. The number of benzene rings is 2. The molecule has 3 N–H and O–H groups in total. The van der Waals surface area contributed by atoms with Crippen LogP contribution in [-0.2, 0) is 6.54 Å². The number of ether oxygens (including phenoxy) is 1. The van der Waals surface area contributed by atoms with Gasteiger partial charge in [-0.25, -0.2) is 0 Å². The number of nitrogens with zero attached hydrogens (tertiary/aromatic N) is 3. The zero-order valence-electron chi connectivity index (χ0n) is 20.8. The number of carbonyl (C=O) groups is 1. The molecule has 2 atom stereocenters. The van der Waals surface area contributed by atoms with Gasteiger partial charge in [0.25, 0.3) is 0 Å². The average molecular weight is 494 g/mol. The fourth-order valence-corrected chi connectivity index (χ4v) is 6.14. The van der Waals surface area contributed by atoms with Crippen LogP contribution in [0.2, 0.25) is 0 Å². The van der Waals surface area contributed by atoms with Crippen molar-refractivity contribution in [2.75, 3.05) is 0 Å². The van der Waals surface area contributed by atoms with Crippen molar-refractivity contribution in [3.05, 3.63) is 77.6 Å². The summed E-state index contributed by atoms with van der Waals surface area (Å²) < 4.78 is 8.35. The van der Waals surface area contributed by atoms with Crippen molar-refractivity contribution in [2.45, 2.75) is 69.2 Å². The Morgan fingerprint density at radius 2 is 1.81 bits per heavy atom. The first-order chi connectivity index (χ1) is 18.1. The lowest BCUT2D eigenvalue weighted by Crippen LogP contribution is -2.42. The van der Waals surface area contributed by atoms with Crippen molar-refractivity contribution < 1.29 is 9.53 Å². The molecule has 7 heteroatoms. The van der Waals surface area contributed by atoms with Gasteiger partial charge < -0.3 is 15.8 Å². The van der Waals surface area contributed by atoms with Crippen LogP contribution in [0.4, 0.5) is 0 Å². The summed E-state index contributed by atoms with van der Waals surface area (Å²) in [5.74, 6) is 1.05. The molecule has 188 valence electrons. The molecule has 2 aromatic carbocycles. The first kappa shape index (κ1) is 22.5. The molecule has 4 aromatic rings. The first-order valence-electron chi connectivity index (χ1n) is 13.4. The smallest absolute Gasteiger partial charge is 0.248 e. The molecule has 2 aliphatic heterocycles. The molecule has 2 bridgehead atoms. The van der Waals surface area contributed by atoms with Crippen molar-refractivity contribution in [3.63, 3.8) is 0 Å². The van der Waals surface area contributed by atoms with E-state index in [2.05, 4.69) is 23.5 Å². The van der Waals surface area contributed by atoms with E-state index >= 15 is 0 Å². The summed E-state index contributed by atoms with van der Waals surface area (Å²) in [5, 5.41) is 9.60. The van der Waals surface area contributed by atoms with Crippen molar-refractivity contribution in [1.82, 2.24) is 20.1 Å². The second-order valence-electron chi connectivity index (χ2n) is 10.8. The normalized spacial score (nSPS) is 22.9. The molecule has 1 saturated carbocycles. The van der Waals surface area contributed by atoms with Gasteiger partial charge in [0.05, 0.1) is 17.8 Å². The molecule has 7 rings (SSSR count). The third kappa shape index (κ3) is 4.37. The molecule has 4 heterocycles. The van der Waals surface area contributed by atoms with E-state index in [-0.39, 0.29) is 6.10 Å². The maximum atomic E-state index is 12.0. The summed E-state index contributed by atoms with van der Waals surface area (Å²) in [6.45, 7) is 0.582. The number of hydrogen-bond acceptors (Lipinski definition) is 5. The molecule has 2 aromatic heterocycles. The quantitative estimate of drug-likeness (QED) is 0.386. The number of nitrogens with one attached hydrogen (secondary N) is 1. The van der Waals surface area contributed by atoms with Crippen molar-refractivity contribution >= 4 is 16.8 Å². The second-order valence-corrected chi connectivity index (χ2v) is 10.8. The van der Waals surface area contributed by atoms with Gasteiger partial charge in [0.1, 0.15) is 17.5 Å². The van der Waals surface area contributed by atoms with Gasteiger partial charge in [-0.05, 0) is 98.5 Å². The zero-order valence-corrected chi connectivity index (χ0v) is 20.8. The topological polar surface area (TPSA) is 95.1 Å². The van der Waals surface area contributed by atoms with Crippen LogP contribution in [0.3, 0.4) is 0 Å². The highest BCUT2D eigenvalue weighted by Gasteiger charge is 2.34. The first-order valence-corrected chi connectivity index (χ1v) is 13.4. The fourth-order valence-electron chi connectivity index (χ4n) is 6.14. The molecule has 1 amide bonds. The standard InChI is InChI=1S/C30H31N5O2/c31-30(36)20-7-12-28-26(14-20)29(34-35(28)17-27-25(18-3-4-18)2-1-13-32-27)19-5-10-23(11-6-19)37-24-15-21-8-9-22(16-24)33-21/h1-2,5-7,10-14,18,21-22,24,33H,3-4,8-9,15-17H2,(H2,31,36). The van der Waals surface area contributed by atoms with Crippen LogP contribution >= 0.6 is 0 Å². The number of amides is 1. The van der Waals surface area contributed by atoms with Crippen molar-refractivity contribution in [1.29, 1.82) is 0 Å². The van der Waals surface area contributed by atoms with Crippen LogP contribution in [0.25, 0.3) is 22.2 Å². The van der Waals surface area contributed by atoms with Crippen LogP contribution in [0.1, 0.15) is 66.1 Å². The molecular formula is C30H31N5O2. The van der Waals surface area contributed by atoms with Crippen molar-refractivity contribution in [3.8, 4) is 17.0 Å². The zero-order chi connectivity index (χ0) is 24.9. The van der Waals surface area contributed by atoms with Crippen LogP contribution < -0.4 is 15.8 Å². The van der Waals surface area contributed by atoms with E-state index in [1.165, 1.54) is 31.2 Å². The van der Waals surface area contributed by atoms with Gasteiger partial charge in [-0.3, -0.25) is 14.5 Å². The summed E-state index contributed by atoms with van der Waals surface area (Å²) in [6.07, 6.45) is 9.21. The number of hydrogen-bond donors (Lipinski definition) is 2. The molecule has 3 fully saturated rings. The highest BCUT2D eigenvalue weighted by Crippen LogP contribution is 2.41. The number of pyridine rings is 1. The van der Waals surface area contributed by atoms with Gasteiger partial charge in [0.2, 0.25) is 5.91 Å². The van der Waals surface area contributed by atoms with Gasteiger partial charge in [0.15, 0.2) is 0 Å². The van der Waals surface area contributed by atoms with Gasteiger partial charge in [0, 0.05) is 34.8 Å². The van der Waals surface area contributed by atoms with Gasteiger partial charge >= 0.3 is 0 Å². The predicted molar refractivity (Wildman–Crippen MR) is 143 cm³/mol. The number of primary amides is 1. The molecule has 1 aliphatic carbocycles. The minimum absolute atomic E-state index is 0.266. The van der Waals surface area contributed by atoms with Crippen LogP contribution in [-0.4, -0.2) is 38.9 Å². The Balaban J connectivity index is 1.21. The van der Waals surface area contributed by atoms with Crippen molar-refractivity contribution in [2.24, 2.45) is 5.73 Å². The van der Waals surface area contributed by atoms with E-state index in [1.807, 2.05) is 41.2 Å². The Bertz CT molecular complexity index is 1460. The summed E-state index contributed by atoms with van der Waals surface area (Å²) in [6, 6.07) is 19.1. The Kier molecular flexibility index (Phi) is 5.47. The molecule has 2 saturated heterocycles. The Labute approximate surface area is 216 Å². The predicted octanol–water partition coefficient (Wildman–Crippen LogP) is 4.78. The number of fused-ring (bicyclic) bond motifs is 3. The summed E-state index contributed by atoms with van der Waals surface area (Å²) in [4.78, 5) is 16.7. The van der Waals surface area contributed by atoms with E-state index in [0.717, 1.165) is 46.4 Å². The molecule has 0 spiro atoms. The molecule has 2 unspecified atom stereocenters. The largest absolute Gasteiger partial charge is 0.490 e. The SMILES string of the molecule is NC(=O)c1ccc2c(c1)c(-c1ccc(OC3CC4CCC(C3)N4)cc1)nn2Cc1ncccc1C1CC1. The molecule has 3 aliphatic rings. The Morgan fingerprint density at radius 3 is 2.54 bits per heavy atom. The van der Waals surface area contributed by atoms with Crippen LogP contribution in [0.5, 0.6) is 5.75 Å². The van der Waals surface area contributed by atoms with Gasteiger partial charge in [-0.2, -0.15) is 5.10 Å². The lowest BCUT2D eigenvalue weighted by Gasteiger charge is -2.29. The van der Waals surface area contributed by atoms with E-state index in [9.17, 15) is 4.79 Å². The third-order valence-electron chi connectivity index (χ3n) is 8.14. The average Bonchev–Trinajstić information content (AvgIpc) is 3.62.